The van der Waals surface area contributed by atoms with Crippen LogP contribution in [-0.2, 0) is 23.9 Å². The highest BCUT2D eigenvalue weighted by atomic mass is 35.5. The lowest BCUT2D eigenvalue weighted by atomic mass is 9.99. The molecule has 30 heavy (non-hydrogen) atoms. The number of nitrogens with one attached hydrogen (secondary N) is 1. The lowest BCUT2D eigenvalue weighted by Gasteiger charge is -2.29. The number of halogens is 4. The van der Waals surface area contributed by atoms with Gasteiger partial charge in [0.1, 0.15) is 0 Å². The van der Waals surface area contributed by atoms with Crippen LogP contribution in [0.5, 0.6) is 11.5 Å². The quantitative estimate of drug-likeness (QED) is 0.762. The molecule has 2 aliphatic heterocycles. The number of hydrogen-bond acceptors (Lipinski definition) is 4. The van der Waals surface area contributed by atoms with Gasteiger partial charge in [0.2, 0.25) is 5.91 Å². The zero-order valence-corrected chi connectivity index (χ0v) is 16.8. The van der Waals surface area contributed by atoms with Crippen LogP contribution in [0.3, 0.4) is 0 Å². The number of benzene rings is 2. The van der Waals surface area contributed by atoms with Gasteiger partial charge in [0, 0.05) is 25.2 Å². The zero-order chi connectivity index (χ0) is 21.3. The zero-order valence-electron chi connectivity index (χ0n) is 16.0. The largest absolute Gasteiger partial charge is 0.490 e. The molecule has 0 saturated heterocycles. The van der Waals surface area contributed by atoms with Crippen molar-refractivity contribution in [3.63, 3.8) is 0 Å². The summed E-state index contributed by atoms with van der Waals surface area (Å²) in [6, 6.07) is 7.28. The normalized spacial score (nSPS) is 16.5. The van der Waals surface area contributed by atoms with Gasteiger partial charge in [0.15, 0.2) is 11.5 Å². The molecule has 0 aromatic heterocycles. The monoisotopic (exact) mass is 440 g/mol. The second kappa shape index (κ2) is 8.35. The number of anilines is 1. The SMILES string of the molecule is O=C(CN1CCc2cc3c(cc2C1)OCCCO3)Nc1ccc(Cl)c(C(F)(F)F)c1. The van der Waals surface area contributed by atoms with Gasteiger partial charge in [-0.1, -0.05) is 11.6 Å². The van der Waals surface area contributed by atoms with Crippen molar-refractivity contribution in [2.24, 2.45) is 0 Å². The first-order chi connectivity index (χ1) is 14.3. The Morgan fingerprint density at radius 3 is 2.50 bits per heavy atom. The van der Waals surface area contributed by atoms with Crippen LogP contribution >= 0.6 is 11.6 Å². The molecule has 2 aromatic carbocycles. The van der Waals surface area contributed by atoms with Crippen LogP contribution < -0.4 is 14.8 Å². The molecule has 0 spiro atoms. The molecule has 0 unspecified atom stereocenters. The van der Waals surface area contributed by atoms with E-state index in [0.717, 1.165) is 41.9 Å². The molecule has 2 aromatic rings. The summed E-state index contributed by atoms with van der Waals surface area (Å²) in [4.78, 5) is 14.4. The lowest BCUT2D eigenvalue weighted by molar-refractivity contribution is -0.137. The number of carbonyl (C=O) groups is 1. The average Bonchev–Trinajstić information content (AvgIpc) is 2.91. The van der Waals surface area contributed by atoms with Crippen molar-refractivity contribution in [1.29, 1.82) is 0 Å². The molecule has 4 rings (SSSR count). The molecule has 1 amide bonds. The molecule has 2 heterocycles. The third-order valence-electron chi connectivity index (χ3n) is 5.08. The maximum absolute atomic E-state index is 13.0. The molecule has 0 bridgehead atoms. The van der Waals surface area contributed by atoms with Gasteiger partial charge in [-0.2, -0.15) is 13.2 Å². The fourth-order valence-corrected chi connectivity index (χ4v) is 3.85. The number of ether oxygens (including phenoxy) is 2. The van der Waals surface area contributed by atoms with Crippen molar-refractivity contribution in [3.8, 4) is 11.5 Å². The summed E-state index contributed by atoms with van der Waals surface area (Å²) in [5.41, 5.74) is 1.30. The third kappa shape index (κ3) is 4.65. The Bertz CT molecular complexity index is 965. The molecule has 0 radical (unpaired) electrons. The Balaban J connectivity index is 1.41. The average molecular weight is 441 g/mol. The van der Waals surface area contributed by atoms with Gasteiger partial charge in [0.05, 0.1) is 30.3 Å². The molecule has 1 N–H and O–H groups in total. The first-order valence-electron chi connectivity index (χ1n) is 9.60. The highest BCUT2D eigenvalue weighted by molar-refractivity contribution is 6.31. The Morgan fingerprint density at radius 1 is 1.10 bits per heavy atom. The van der Waals surface area contributed by atoms with E-state index in [9.17, 15) is 18.0 Å². The van der Waals surface area contributed by atoms with E-state index in [-0.39, 0.29) is 18.1 Å². The van der Waals surface area contributed by atoms with E-state index >= 15 is 0 Å². The molecular formula is C21H20ClF3N2O3. The number of rotatable bonds is 3. The maximum atomic E-state index is 13.0. The van der Waals surface area contributed by atoms with Gasteiger partial charge in [-0.3, -0.25) is 9.69 Å². The second-order valence-electron chi connectivity index (χ2n) is 7.32. The predicted molar refractivity (Wildman–Crippen MR) is 106 cm³/mol. The summed E-state index contributed by atoms with van der Waals surface area (Å²) in [5.74, 6) is 1.07. The van der Waals surface area contributed by atoms with Crippen molar-refractivity contribution < 1.29 is 27.4 Å². The van der Waals surface area contributed by atoms with Gasteiger partial charge < -0.3 is 14.8 Å². The van der Waals surface area contributed by atoms with E-state index in [1.54, 1.807) is 0 Å². The fraction of sp³-hybridized carbons (Fsp3) is 0.381. The lowest BCUT2D eigenvalue weighted by Crippen LogP contribution is -2.37. The van der Waals surface area contributed by atoms with Crippen molar-refractivity contribution in [2.75, 3.05) is 31.6 Å². The van der Waals surface area contributed by atoms with Gasteiger partial charge in [0.25, 0.3) is 0 Å². The first-order valence-corrected chi connectivity index (χ1v) is 9.98. The van der Waals surface area contributed by atoms with Crippen LogP contribution in [0.2, 0.25) is 5.02 Å². The Labute approximate surface area is 176 Å². The van der Waals surface area contributed by atoms with Crippen molar-refractivity contribution in [2.45, 2.75) is 25.6 Å². The van der Waals surface area contributed by atoms with Crippen LogP contribution in [0.4, 0.5) is 18.9 Å². The molecular weight excluding hydrogens is 421 g/mol. The summed E-state index contributed by atoms with van der Waals surface area (Å²) in [6.45, 7) is 2.50. The molecule has 160 valence electrons. The number of amides is 1. The minimum atomic E-state index is -4.59. The smallest absolute Gasteiger partial charge is 0.417 e. The highest BCUT2D eigenvalue weighted by Crippen LogP contribution is 2.37. The number of carbonyl (C=O) groups excluding carboxylic acids is 1. The summed E-state index contributed by atoms with van der Waals surface area (Å²) in [7, 11) is 0. The van der Waals surface area contributed by atoms with E-state index in [1.165, 1.54) is 6.07 Å². The summed E-state index contributed by atoms with van der Waals surface area (Å²) < 4.78 is 50.5. The van der Waals surface area contributed by atoms with Gasteiger partial charge >= 0.3 is 6.18 Å². The topological polar surface area (TPSA) is 50.8 Å². The van der Waals surface area contributed by atoms with Crippen LogP contribution in [0, 0.1) is 0 Å². The number of alkyl halides is 3. The van der Waals surface area contributed by atoms with Gasteiger partial charge in [-0.25, -0.2) is 0 Å². The molecule has 0 aliphatic carbocycles. The number of fused-ring (bicyclic) bond motifs is 2. The molecule has 9 heteroatoms. The fourth-order valence-electron chi connectivity index (χ4n) is 3.63. The van der Waals surface area contributed by atoms with Crippen molar-refractivity contribution in [3.05, 3.63) is 52.0 Å². The third-order valence-corrected chi connectivity index (χ3v) is 5.41. The molecule has 5 nitrogen and oxygen atoms in total. The van der Waals surface area contributed by atoms with Gasteiger partial charge in [-0.15, -0.1) is 0 Å². The molecule has 2 aliphatic rings. The first kappa shape index (κ1) is 20.8. The summed E-state index contributed by atoms with van der Waals surface area (Å²) in [6.07, 6.45) is -3.01. The predicted octanol–water partition coefficient (Wildman–Crippen LogP) is 4.52. The van der Waals surface area contributed by atoms with Crippen LogP contribution in [-0.4, -0.2) is 37.1 Å². The van der Waals surface area contributed by atoms with E-state index in [2.05, 4.69) is 5.32 Å². The Kier molecular flexibility index (Phi) is 5.79. The standard InChI is InChI=1S/C21H20ClF3N2O3/c22-17-3-2-15(10-16(17)21(23,24)25)26-20(28)12-27-5-4-13-8-18-19(9-14(13)11-27)30-7-1-6-29-18/h2-3,8-10H,1,4-7,11-12H2,(H,26,28). The highest BCUT2D eigenvalue weighted by Gasteiger charge is 2.33. The molecule has 0 atom stereocenters. The van der Waals surface area contributed by atoms with E-state index < -0.39 is 16.8 Å². The minimum absolute atomic E-state index is 0.0602. The Morgan fingerprint density at radius 2 is 1.80 bits per heavy atom. The summed E-state index contributed by atoms with van der Waals surface area (Å²) >= 11 is 5.62. The molecule has 0 saturated carbocycles. The minimum Gasteiger partial charge on any atom is -0.490 e. The van der Waals surface area contributed by atoms with Crippen LogP contribution in [0.1, 0.15) is 23.1 Å². The number of hydrogen-bond donors (Lipinski definition) is 1. The Hall–Kier alpha value is -2.45. The maximum Gasteiger partial charge on any atom is 0.417 e. The van der Waals surface area contributed by atoms with Crippen LogP contribution in [0.25, 0.3) is 0 Å². The second-order valence-corrected chi connectivity index (χ2v) is 7.73. The van der Waals surface area contributed by atoms with Crippen molar-refractivity contribution in [1.82, 2.24) is 4.90 Å². The number of nitrogens with zero attached hydrogens (tertiary/aromatic N) is 1. The molecule has 0 fully saturated rings. The van der Waals surface area contributed by atoms with Crippen LogP contribution in [0.15, 0.2) is 30.3 Å². The van der Waals surface area contributed by atoms with Crippen molar-refractivity contribution >= 4 is 23.2 Å². The summed E-state index contributed by atoms with van der Waals surface area (Å²) in [5, 5.41) is 2.12. The van der Waals surface area contributed by atoms with Gasteiger partial charge in [-0.05, 0) is 47.9 Å². The van der Waals surface area contributed by atoms with E-state index in [1.807, 2.05) is 17.0 Å². The van der Waals surface area contributed by atoms with E-state index in [4.69, 9.17) is 21.1 Å². The van der Waals surface area contributed by atoms with E-state index in [0.29, 0.717) is 32.1 Å².